The number of carbonyl (C=O) groups excluding carboxylic acids is 2. The Morgan fingerprint density at radius 2 is 1.71 bits per heavy atom. The summed E-state index contributed by atoms with van der Waals surface area (Å²) in [5.74, 6) is -0.425. The molecule has 4 N–H and O–H groups in total. The Bertz CT molecular complexity index is 651. The van der Waals surface area contributed by atoms with Crippen molar-refractivity contribution >= 4 is 17.5 Å². The van der Waals surface area contributed by atoms with Crippen LogP contribution in [0.25, 0.3) is 0 Å². The van der Waals surface area contributed by atoms with Crippen molar-refractivity contribution in [1.82, 2.24) is 5.32 Å². The van der Waals surface area contributed by atoms with Gasteiger partial charge >= 0.3 is 0 Å². The Morgan fingerprint density at radius 1 is 1.00 bits per heavy atom. The molecule has 0 atom stereocenters. The third kappa shape index (κ3) is 3.67. The average Bonchev–Trinajstić information content (AvgIpc) is 2.54. The number of carbonyl (C=O) groups is 2. The van der Waals surface area contributed by atoms with Crippen molar-refractivity contribution in [3.8, 4) is 0 Å². The van der Waals surface area contributed by atoms with E-state index in [1.165, 1.54) is 0 Å². The van der Waals surface area contributed by atoms with Crippen molar-refractivity contribution in [3.05, 3.63) is 65.2 Å². The molecule has 2 aromatic rings. The van der Waals surface area contributed by atoms with Crippen LogP contribution in [0.15, 0.2) is 48.5 Å². The van der Waals surface area contributed by atoms with Gasteiger partial charge in [0.2, 0.25) is 0 Å². The largest absolute Gasteiger partial charge is 0.355 e. The summed E-state index contributed by atoms with van der Waals surface area (Å²) in [6.45, 7) is 0.441. The monoisotopic (exact) mass is 283 g/mol. The number of nitrogens with one attached hydrogen (secondary N) is 2. The van der Waals surface area contributed by atoms with Crippen LogP contribution in [0.4, 0.5) is 5.69 Å². The van der Waals surface area contributed by atoms with Gasteiger partial charge in [0.25, 0.3) is 11.8 Å². The molecule has 0 radical (unpaired) electrons. The molecule has 0 aliphatic rings. The lowest BCUT2D eigenvalue weighted by Gasteiger charge is -2.07. The molecule has 0 bridgehead atoms. The normalized spacial score (nSPS) is 10.0. The molecular formula is C16H17N3O2. The van der Waals surface area contributed by atoms with E-state index in [0.29, 0.717) is 23.4 Å². The van der Waals surface area contributed by atoms with E-state index in [9.17, 15) is 9.59 Å². The Morgan fingerprint density at radius 3 is 2.33 bits per heavy atom. The van der Waals surface area contributed by atoms with Gasteiger partial charge in [0.15, 0.2) is 0 Å². The van der Waals surface area contributed by atoms with Gasteiger partial charge in [-0.25, -0.2) is 0 Å². The van der Waals surface area contributed by atoms with E-state index in [1.54, 1.807) is 43.4 Å². The molecule has 0 aromatic heterocycles. The summed E-state index contributed by atoms with van der Waals surface area (Å²) in [6, 6.07) is 13.8. The van der Waals surface area contributed by atoms with E-state index in [0.717, 1.165) is 5.56 Å². The van der Waals surface area contributed by atoms with Crippen LogP contribution in [-0.2, 0) is 6.54 Å². The maximum absolute atomic E-state index is 12.1. The summed E-state index contributed by atoms with van der Waals surface area (Å²) >= 11 is 0. The van der Waals surface area contributed by atoms with Crippen molar-refractivity contribution in [1.29, 1.82) is 0 Å². The highest BCUT2D eigenvalue weighted by atomic mass is 16.2. The minimum Gasteiger partial charge on any atom is -0.355 e. The summed E-state index contributed by atoms with van der Waals surface area (Å²) in [7, 11) is 1.56. The van der Waals surface area contributed by atoms with E-state index in [4.69, 9.17) is 5.73 Å². The van der Waals surface area contributed by atoms with E-state index in [2.05, 4.69) is 10.6 Å². The number of benzene rings is 2. The highest BCUT2D eigenvalue weighted by Gasteiger charge is 2.08. The number of anilines is 1. The van der Waals surface area contributed by atoms with Crippen molar-refractivity contribution in [2.45, 2.75) is 6.54 Å². The minimum absolute atomic E-state index is 0.196. The van der Waals surface area contributed by atoms with E-state index in [-0.39, 0.29) is 11.8 Å². The van der Waals surface area contributed by atoms with Gasteiger partial charge in [-0.2, -0.15) is 0 Å². The van der Waals surface area contributed by atoms with E-state index < -0.39 is 0 Å². The lowest BCUT2D eigenvalue weighted by Crippen LogP contribution is -2.18. The van der Waals surface area contributed by atoms with Crippen LogP contribution >= 0.6 is 0 Å². The molecule has 2 aromatic carbocycles. The smallest absolute Gasteiger partial charge is 0.255 e. The topological polar surface area (TPSA) is 84.2 Å². The zero-order chi connectivity index (χ0) is 15.2. The van der Waals surface area contributed by atoms with Crippen LogP contribution in [0, 0.1) is 0 Å². The third-order valence-electron chi connectivity index (χ3n) is 3.06. The first-order valence-electron chi connectivity index (χ1n) is 6.56. The molecule has 0 unspecified atom stereocenters. The highest BCUT2D eigenvalue weighted by Crippen LogP contribution is 2.13. The summed E-state index contributed by atoms with van der Waals surface area (Å²) < 4.78 is 0. The van der Waals surface area contributed by atoms with Gasteiger partial charge in [-0.05, 0) is 35.9 Å². The molecule has 2 amide bonds. The molecule has 5 heteroatoms. The number of rotatable bonds is 4. The van der Waals surface area contributed by atoms with E-state index in [1.807, 2.05) is 12.1 Å². The summed E-state index contributed by atoms with van der Waals surface area (Å²) in [4.78, 5) is 23.7. The van der Waals surface area contributed by atoms with Crippen molar-refractivity contribution in [2.24, 2.45) is 5.73 Å². The summed E-state index contributed by atoms with van der Waals surface area (Å²) in [6.07, 6.45) is 0. The summed E-state index contributed by atoms with van der Waals surface area (Å²) in [5.41, 5.74) is 8.09. The number of hydrogen-bond donors (Lipinski definition) is 3. The molecule has 0 saturated heterocycles. The Balaban J connectivity index is 2.13. The zero-order valence-corrected chi connectivity index (χ0v) is 11.7. The molecule has 0 aliphatic carbocycles. The van der Waals surface area contributed by atoms with Gasteiger partial charge in [0.1, 0.15) is 0 Å². The Labute approximate surface area is 123 Å². The minimum atomic E-state index is -0.229. The molecule has 0 fully saturated rings. The molecule has 2 rings (SSSR count). The summed E-state index contributed by atoms with van der Waals surface area (Å²) in [5, 5.41) is 5.31. The molecule has 5 nitrogen and oxygen atoms in total. The van der Waals surface area contributed by atoms with Gasteiger partial charge < -0.3 is 16.4 Å². The number of nitrogens with two attached hydrogens (primary N) is 1. The lowest BCUT2D eigenvalue weighted by molar-refractivity contribution is 0.0961. The predicted octanol–water partition coefficient (Wildman–Crippen LogP) is 1.76. The number of hydrogen-bond acceptors (Lipinski definition) is 3. The van der Waals surface area contributed by atoms with Gasteiger partial charge in [0, 0.05) is 30.4 Å². The lowest BCUT2D eigenvalue weighted by atomic mass is 10.1. The molecule has 0 spiro atoms. The first-order valence-corrected chi connectivity index (χ1v) is 6.56. The predicted molar refractivity (Wildman–Crippen MR) is 82.1 cm³/mol. The fourth-order valence-electron chi connectivity index (χ4n) is 1.88. The standard InChI is InChI=1S/C16H17N3O2/c1-18-15(20)13-3-2-4-14(9-13)19-16(21)12-7-5-11(10-17)6-8-12/h2-9H,10,17H2,1H3,(H,18,20)(H,19,21). The second-order valence-corrected chi connectivity index (χ2v) is 4.52. The average molecular weight is 283 g/mol. The highest BCUT2D eigenvalue weighted by molar-refractivity contribution is 6.05. The van der Waals surface area contributed by atoms with E-state index >= 15 is 0 Å². The SMILES string of the molecule is CNC(=O)c1cccc(NC(=O)c2ccc(CN)cc2)c1. The molecular weight excluding hydrogens is 266 g/mol. The molecule has 21 heavy (non-hydrogen) atoms. The van der Waals surface area contributed by atoms with Crippen molar-refractivity contribution in [3.63, 3.8) is 0 Å². The molecule has 108 valence electrons. The van der Waals surface area contributed by atoms with Crippen LogP contribution < -0.4 is 16.4 Å². The fraction of sp³-hybridized carbons (Fsp3) is 0.125. The van der Waals surface area contributed by atoms with Crippen LogP contribution in [0.1, 0.15) is 26.3 Å². The Kier molecular flexibility index (Phi) is 4.68. The van der Waals surface area contributed by atoms with Gasteiger partial charge in [-0.1, -0.05) is 18.2 Å². The first-order chi connectivity index (χ1) is 10.1. The van der Waals surface area contributed by atoms with Crippen LogP contribution in [0.3, 0.4) is 0 Å². The maximum Gasteiger partial charge on any atom is 0.255 e. The maximum atomic E-state index is 12.1. The quantitative estimate of drug-likeness (QED) is 0.799. The third-order valence-corrected chi connectivity index (χ3v) is 3.06. The molecule has 0 heterocycles. The second-order valence-electron chi connectivity index (χ2n) is 4.52. The van der Waals surface area contributed by atoms with Crippen molar-refractivity contribution in [2.75, 3.05) is 12.4 Å². The van der Waals surface area contributed by atoms with Crippen LogP contribution in [-0.4, -0.2) is 18.9 Å². The Hall–Kier alpha value is -2.66. The van der Waals surface area contributed by atoms with Crippen LogP contribution in [0.5, 0.6) is 0 Å². The first kappa shape index (κ1) is 14.7. The zero-order valence-electron chi connectivity index (χ0n) is 11.7. The molecule has 0 saturated carbocycles. The fourth-order valence-corrected chi connectivity index (χ4v) is 1.88. The van der Waals surface area contributed by atoms with Gasteiger partial charge in [-0.15, -0.1) is 0 Å². The number of amides is 2. The second kappa shape index (κ2) is 6.67. The molecule has 0 aliphatic heterocycles. The van der Waals surface area contributed by atoms with Crippen LogP contribution in [0.2, 0.25) is 0 Å². The van der Waals surface area contributed by atoms with Gasteiger partial charge in [-0.3, -0.25) is 9.59 Å². The van der Waals surface area contributed by atoms with Crippen molar-refractivity contribution < 1.29 is 9.59 Å². The van der Waals surface area contributed by atoms with Gasteiger partial charge in [0.05, 0.1) is 0 Å².